The van der Waals surface area contributed by atoms with Gasteiger partial charge in [0.05, 0.1) is 18.2 Å². The monoisotopic (exact) mass is 212 g/mol. The van der Waals surface area contributed by atoms with Crippen LogP contribution in [-0.4, -0.2) is 4.98 Å². The van der Waals surface area contributed by atoms with E-state index in [4.69, 9.17) is 5.26 Å². The van der Waals surface area contributed by atoms with Crippen molar-refractivity contribution in [2.24, 2.45) is 0 Å². The zero-order valence-electron chi connectivity index (χ0n) is 8.52. The molecule has 1 aromatic heterocycles. The molecule has 0 aliphatic carbocycles. The predicted molar refractivity (Wildman–Crippen MR) is 58.9 cm³/mol. The van der Waals surface area contributed by atoms with Gasteiger partial charge in [-0.1, -0.05) is 30.3 Å². The SMILES string of the molecule is N#CCc1cc(F)nc(-c2ccccc2)c1. The van der Waals surface area contributed by atoms with E-state index in [1.165, 1.54) is 6.07 Å². The maximum absolute atomic E-state index is 13.2. The standard InChI is InChI=1S/C13H9FN2/c14-13-9-10(6-7-15)8-12(16-13)11-4-2-1-3-5-11/h1-5,8-9H,6H2. The van der Waals surface area contributed by atoms with Gasteiger partial charge in [-0.2, -0.15) is 9.65 Å². The van der Waals surface area contributed by atoms with Crippen molar-refractivity contribution in [3.63, 3.8) is 0 Å². The molecular formula is C13H9FN2. The zero-order chi connectivity index (χ0) is 11.4. The van der Waals surface area contributed by atoms with Crippen molar-refractivity contribution in [3.05, 3.63) is 54.0 Å². The van der Waals surface area contributed by atoms with Crippen molar-refractivity contribution in [2.75, 3.05) is 0 Å². The molecule has 0 saturated heterocycles. The number of hydrogen-bond donors (Lipinski definition) is 0. The molecule has 0 bridgehead atoms. The summed E-state index contributed by atoms with van der Waals surface area (Å²) in [4.78, 5) is 3.81. The van der Waals surface area contributed by atoms with Gasteiger partial charge in [-0.05, 0) is 17.7 Å². The lowest BCUT2D eigenvalue weighted by molar-refractivity contribution is 0.583. The summed E-state index contributed by atoms with van der Waals surface area (Å²) in [6.45, 7) is 0. The van der Waals surface area contributed by atoms with E-state index in [1.807, 2.05) is 36.4 Å². The van der Waals surface area contributed by atoms with Gasteiger partial charge in [-0.3, -0.25) is 0 Å². The number of nitriles is 1. The van der Waals surface area contributed by atoms with E-state index in [9.17, 15) is 4.39 Å². The molecule has 0 aliphatic rings. The molecule has 0 atom stereocenters. The van der Waals surface area contributed by atoms with Crippen LogP contribution >= 0.6 is 0 Å². The van der Waals surface area contributed by atoms with E-state index in [0.717, 1.165) is 5.56 Å². The molecule has 0 spiro atoms. The van der Waals surface area contributed by atoms with Crippen LogP contribution in [0.5, 0.6) is 0 Å². The number of halogens is 1. The quantitative estimate of drug-likeness (QED) is 0.717. The lowest BCUT2D eigenvalue weighted by Gasteiger charge is -2.02. The molecular weight excluding hydrogens is 203 g/mol. The third-order valence-corrected chi connectivity index (χ3v) is 2.21. The Balaban J connectivity index is 2.46. The van der Waals surface area contributed by atoms with Gasteiger partial charge in [0, 0.05) is 5.56 Å². The molecule has 2 aromatic rings. The number of aromatic nitrogens is 1. The number of rotatable bonds is 2. The molecule has 3 heteroatoms. The third kappa shape index (κ3) is 2.23. The minimum atomic E-state index is -0.549. The summed E-state index contributed by atoms with van der Waals surface area (Å²) in [6, 6.07) is 14.4. The van der Waals surface area contributed by atoms with E-state index in [-0.39, 0.29) is 6.42 Å². The first-order valence-corrected chi connectivity index (χ1v) is 4.88. The second-order valence-electron chi connectivity index (χ2n) is 3.38. The van der Waals surface area contributed by atoms with Crippen LogP contribution in [-0.2, 0) is 6.42 Å². The summed E-state index contributed by atoms with van der Waals surface area (Å²) in [5.41, 5.74) is 2.06. The highest BCUT2D eigenvalue weighted by molar-refractivity contribution is 5.59. The molecule has 78 valence electrons. The Morgan fingerprint density at radius 1 is 1.19 bits per heavy atom. The summed E-state index contributed by atoms with van der Waals surface area (Å²) in [5.74, 6) is -0.549. The maximum atomic E-state index is 13.2. The van der Waals surface area contributed by atoms with Crippen LogP contribution in [0.15, 0.2) is 42.5 Å². The fourth-order valence-corrected chi connectivity index (χ4v) is 1.50. The predicted octanol–water partition coefficient (Wildman–Crippen LogP) is 2.95. The Morgan fingerprint density at radius 2 is 1.94 bits per heavy atom. The first kappa shape index (κ1) is 10.3. The summed E-state index contributed by atoms with van der Waals surface area (Å²) in [7, 11) is 0. The topological polar surface area (TPSA) is 36.7 Å². The first-order chi connectivity index (χ1) is 7.79. The number of pyridine rings is 1. The third-order valence-electron chi connectivity index (χ3n) is 2.21. The molecule has 1 heterocycles. The molecule has 16 heavy (non-hydrogen) atoms. The Morgan fingerprint density at radius 3 is 2.62 bits per heavy atom. The molecule has 2 nitrogen and oxygen atoms in total. The number of nitrogens with zero attached hydrogens (tertiary/aromatic N) is 2. The lowest BCUT2D eigenvalue weighted by atomic mass is 10.1. The largest absolute Gasteiger partial charge is 0.220 e. The Bertz CT molecular complexity index is 529. The fraction of sp³-hybridized carbons (Fsp3) is 0.0769. The Hall–Kier alpha value is -2.21. The molecule has 1 aromatic carbocycles. The number of benzene rings is 1. The second kappa shape index (κ2) is 4.54. The van der Waals surface area contributed by atoms with Crippen LogP contribution < -0.4 is 0 Å². The highest BCUT2D eigenvalue weighted by atomic mass is 19.1. The van der Waals surface area contributed by atoms with Crippen molar-refractivity contribution in [1.29, 1.82) is 5.26 Å². The van der Waals surface area contributed by atoms with E-state index < -0.39 is 5.95 Å². The fourth-order valence-electron chi connectivity index (χ4n) is 1.50. The van der Waals surface area contributed by atoms with Crippen molar-refractivity contribution in [1.82, 2.24) is 4.98 Å². The van der Waals surface area contributed by atoms with Gasteiger partial charge in [0.1, 0.15) is 0 Å². The first-order valence-electron chi connectivity index (χ1n) is 4.88. The smallest absolute Gasteiger partial charge is 0.213 e. The molecule has 0 N–H and O–H groups in total. The normalized spacial score (nSPS) is 9.75. The van der Waals surface area contributed by atoms with Gasteiger partial charge in [0.15, 0.2) is 0 Å². The summed E-state index contributed by atoms with van der Waals surface area (Å²) in [5, 5.41) is 8.58. The average molecular weight is 212 g/mol. The Kier molecular flexibility index (Phi) is 2.93. The van der Waals surface area contributed by atoms with Crippen LogP contribution in [0.25, 0.3) is 11.3 Å². The van der Waals surface area contributed by atoms with Gasteiger partial charge in [0.2, 0.25) is 5.95 Å². The van der Waals surface area contributed by atoms with E-state index in [2.05, 4.69) is 4.98 Å². The molecule has 0 fully saturated rings. The summed E-state index contributed by atoms with van der Waals surface area (Å²) >= 11 is 0. The van der Waals surface area contributed by atoms with E-state index >= 15 is 0 Å². The average Bonchev–Trinajstić information content (AvgIpc) is 2.30. The van der Waals surface area contributed by atoms with Gasteiger partial charge < -0.3 is 0 Å². The van der Waals surface area contributed by atoms with E-state index in [0.29, 0.717) is 11.3 Å². The van der Waals surface area contributed by atoms with Gasteiger partial charge in [0.25, 0.3) is 0 Å². The van der Waals surface area contributed by atoms with Crippen molar-refractivity contribution >= 4 is 0 Å². The van der Waals surface area contributed by atoms with Crippen LogP contribution in [0.4, 0.5) is 4.39 Å². The molecule has 0 unspecified atom stereocenters. The van der Waals surface area contributed by atoms with Gasteiger partial charge in [-0.15, -0.1) is 0 Å². The lowest BCUT2D eigenvalue weighted by Crippen LogP contribution is -1.92. The molecule has 2 rings (SSSR count). The zero-order valence-corrected chi connectivity index (χ0v) is 8.52. The van der Waals surface area contributed by atoms with Crippen molar-refractivity contribution < 1.29 is 4.39 Å². The van der Waals surface area contributed by atoms with E-state index in [1.54, 1.807) is 6.07 Å². The maximum Gasteiger partial charge on any atom is 0.213 e. The highest BCUT2D eigenvalue weighted by Crippen LogP contribution is 2.18. The van der Waals surface area contributed by atoms with Gasteiger partial charge >= 0.3 is 0 Å². The Labute approximate surface area is 93.0 Å². The minimum Gasteiger partial charge on any atom is -0.220 e. The van der Waals surface area contributed by atoms with Crippen LogP contribution in [0, 0.1) is 17.3 Å². The second-order valence-corrected chi connectivity index (χ2v) is 3.38. The van der Waals surface area contributed by atoms with Crippen LogP contribution in [0.2, 0.25) is 0 Å². The minimum absolute atomic E-state index is 0.194. The summed E-state index contributed by atoms with van der Waals surface area (Å²) < 4.78 is 13.2. The molecule has 0 amide bonds. The molecule has 0 radical (unpaired) electrons. The highest BCUT2D eigenvalue weighted by Gasteiger charge is 2.04. The summed E-state index contributed by atoms with van der Waals surface area (Å²) in [6.07, 6.45) is 0.194. The molecule has 0 aliphatic heterocycles. The van der Waals surface area contributed by atoms with Crippen LogP contribution in [0.1, 0.15) is 5.56 Å². The van der Waals surface area contributed by atoms with Crippen LogP contribution in [0.3, 0.4) is 0 Å². The van der Waals surface area contributed by atoms with Gasteiger partial charge in [-0.25, -0.2) is 4.98 Å². The van der Waals surface area contributed by atoms with Crippen molar-refractivity contribution in [3.8, 4) is 17.3 Å². The number of hydrogen-bond acceptors (Lipinski definition) is 2. The molecule has 0 saturated carbocycles. The van der Waals surface area contributed by atoms with Crippen molar-refractivity contribution in [2.45, 2.75) is 6.42 Å².